The van der Waals surface area contributed by atoms with Crippen molar-refractivity contribution >= 4 is 22.0 Å². The number of carbonyl (C=O) groups is 1. The maximum Gasteiger partial charge on any atom is 0.315 e. The molecule has 0 heterocycles. The van der Waals surface area contributed by atoms with Crippen molar-refractivity contribution < 1.29 is 4.79 Å². The monoisotopic (exact) mass is 260 g/mol. The molecule has 0 spiro atoms. The van der Waals surface area contributed by atoms with E-state index < -0.39 is 0 Å². The van der Waals surface area contributed by atoms with Gasteiger partial charge in [-0.1, -0.05) is 41.8 Å². The molecule has 0 unspecified atom stereocenters. The standard InChI is InChI=1S/C10H17BrN2O/c1-8(11)7-12-10(14)13-9-5-3-2-4-6-9/h9H,1-7H2,(H2,12,13,14). The van der Waals surface area contributed by atoms with Crippen LogP contribution in [0.4, 0.5) is 4.79 Å². The van der Waals surface area contributed by atoms with Gasteiger partial charge in [-0.2, -0.15) is 0 Å². The second kappa shape index (κ2) is 6.06. The Morgan fingerprint density at radius 3 is 2.57 bits per heavy atom. The number of rotatable bonds is 3. The maximum absolute atomic E-state index is 11.3. The molecule has 1 rings (SSSR count). The minimum atomic E-state index is -0.0856. The molecule has 3 nitrogen and oxygen atoms in total. The minimum Gasteiger partial charge on any atom is -0.335 e. The van der Waals surface area contributed by atoms with Crippen molar-refractivity contribution in [2.45, 2.75) is 38.1 Å². The maximum atomic E-state index is 11.3. The van der Waals surface area contributed by atoms with Crippen molar-refractivity contribution in [3.05, 3.63) is 11.1 Å². The van der Waals surface area contributed by atoms with Crippen molar-refractivity contribution in [1.29, 1.82) is 0 Å². The van der Waals surface area contributed by atoms with Crippen molar-refractivity contribution in [2.75, 3.05) is 6.54 Å². The number of halogens is 1. The number of amides is 2. The second-order valence-electron chi connectivity index (χ2n) is 3.68. The number of urea groups is 1. The van der Waals surface area contributed by atoms with Crippen LogP contribution in [-0.4, -0.2) is 18.6 Å². The number of hydrogen-bond acceptors (Lipinski definition) is 1. The van der Waals surface area contributed by atoms with Crippen LogP contribution < -0.4 is 10.6 Å². The Balaban J connectivity index is 2.15. The van der Waals surface area contributed by atoms with E-state index in [4.69, 9.17) is 0 Å². The van der Waals surface area contributed by atoms with Gasteiger partial charge >= 0.3 is 6.03 Å². The Labute approximate surface area is 93.5 Å². The van der Waals surface area contributed by atoms with Crippen LogP contribution in [-0.2, 0) is 0 Å². The first kappa shape index (κ1) is 11.6. The van der Waals surface area contributed by atoms with Gasteiger partial charge in [0.05, 0.1) is 6.54 Å². The van der Waals surface area contributed by atoms with E-state index in [1.807, 2.05) is 0 Å². The van der Waals surface area contributed by atoms with Crippen LogP contribution >= 0.6 is 15.9 Å². The lowest BCUT2D eigenvalue weighted by Crippen LogP contribution is -2.43. The van der Waals surface area contributed by atoms with E-state index in [0.29, 0.717) is 12.6 Å². The molecule has 80 valence electrons. The molecule has 0 bridgehead atoms. The Bertz CT molecular complexity index is 212. The molecular weight excluding hydrogens is 244 g/mol. The molecule has 1 aliphatic carbocycles. The summed E-state index contributed by atoms with van der Waals surface area (Å²) in [5.41, 5.74) is 0. The Kier molecular flexibility index (Phi) is 5.01. The fourth-order valence-electron chi connectivity index (χ4n) is 1.66. The predicted octanol–water partition coefficient (Wildman–Crippen LogP) is 2.53. The Hall–Kier alpha value is -0.510. The van der Waals surface area contributed by atoms with Gasteiger partial charge in [0.2, 0.25) is 0 Å². The Morgan fingerprint density at radius 2 is 2.00 bits per heavy atom. The van der Waals surface area contributed by atoms with E-state index >= 15 is 0 Å². The summed E-state index contributed by atoms with van der Waals surface area (Å²) in [4.78, 5) is 11.3. The van der Waals surface area contributed by atoms with E-state index in [1.54, 1.807) is 0 Å². The SMILES string of the molecule is C=C(Br)CNC(=O)NC1CCCCC1. The average molecular weight is 261 g/mol. The molecule has 1 fully saturated rings. The zero-order valence-electron chi connectivity index (χ0n) is 8.31. The first-order valence-corrected chi connectivity index (χ1v) is 5.85. The first-order valence-electron chi connectivity index (χ1n) is 5.06. The zero-order chi connectivity index (χ0) is 10.4. The van der Waals surface area contributed by atoms with Crippen molar-refractivity contribution in [3.63, 3.8) is 0 Å². The Morgan fingerprint density at radius 1 is 1.36 bits per heavy atom. The highest BCUT2D eigenvalue weighted by atomic mass is 79.9. The van der Waals surface area contributed by atoms with E-state index in [9.17, 15) is 4.79 Å². The summed E-state index contributed by atoms with van der Waals surface area (Å²) in [6.45, 7) is 4.13. The zero-order valence-corrected chi connectivity index (χ0v) is 9.90. The first-order chi connectivity index (χ1) is 6.68. The molecule has 1 aliphatic rings. The van der Waals surface area contributed by atoms with E-state index in [-0.39, 0.29) is 6.03 Å². The number of carbonyl (C=O) groups excluding carboxylic acids is 1. The van der Waals surface area contributed by atoms with Crippen LogP contribution in [0.25, 0.3) is 0 Å². The molecule has 0 atom stereocenters. The molecule has 0 aromatic heterocycles. The number of nitrogens with one attached hydrogen (secondary N) is 2. The molecule has 14 heavy (non-hydrogen) atoms. The van der Waals surface area contributed by atoms with Crippen LogP contribution in [0.2, 0.25) is 0 Å². The third-order valence-electron chi connectivity index (χ3n) is 2.38. The van der Waals surface area contributed by atoms with E-state index in [1.165, 1.54) is 19.3 Å². The van der Waals surface area contributed by atoms with Gasteiger partial charge < -0.3 is 10.6 Å². The van der Waals surface area contributed by atoms with Gasteiger partial charge in [-0.25, -0.2) is 4.79 Å². The van der Waals surface area contributed by atoms with Gasteiger partial charge in [0.1, 0.15) is 0 Å². The van der Waals surface area contributed by atoms with Crippen LogP contribution in [0.1, 0.15) is 32.1 Å². The quantitative estimate of drug-likeness (QED) is 0.805. The number of hydrogen-bond donors (Lipinski definition) is 2. The minimum absolute atomic E-state index is 0.0856. The van der Waals surface area contributed by atoms with Crippen molar-refractivity contribution in [1.82, 2.24) is 10.6 Å². The van der Waals surface area contributed by atoms with Crippen LogP contribution in [0, 0.1) is 0 Å². The molecule has 4 heteroatoms. The lowest BCUT2D eigenvalue weighted by molar-refractivity contribution is 0.233. The summed E-state index contributed by atoms with van der Waals surface area (Å²) < 4.78 is 0.788. The molecular formula is C10H17BrN2O. The lowest BCUT2D eigenvalue weighted by atomic mass is 9.96. The van der Waals surface area contributed by atoms with Gasteiger partial charge in [0.15, 0.2) is 0 Å². The molecule has 0 aromatic rings. The third-order valence-corrected chi connectivity index (χ3v) is 2.66. The average Bonchev–Trinajstić information content (AvgIpc) is 2.16. The molecule has 1 saturated carbocycles. The summed E-state index contributed by atoms with van der Waals surface area (Å²) in [5, 5.41) is 5.70. The molecule has 0 aromatic carbocycles. The van der Waals surface area contributed by atoms with E-state index in [0.717, 1.165) is 17.3 Å². The van der Waals surface area contributed by atoms with Gasteiger partial charge in [-0.3, -0.25) is 0 Å². The molecule has 0 saturated heterocycles. The highest BCUT2D eigenvalue weighted by Crippen LogP contribution is 2.17. The summed E-state index contributed by atoms with van der Waals surface area (Å²) in [7, 11) is 0. The molecule has 0 radical (unpaired) electrons. The van der Waals surface area contributed by atoms with Gasteiger partial charge in [0.25, 0.3) is 0 Å². The second-order valence-corrected chi connectivity index (χ2v) is 4.80. The largest absolute Gasteiger partial charge is 0.335 e. The topological polar surface area (TPSA) is 41.1 Å². The van der Waals surface area contributed by atoms with Gasteiger partial charge in [-0.15, -0.1) is 0 Å². The van der Waals surface area contributed by atoms with Gasteiger partial charge in [0, 0.05) is 10.5 Å². The van der Waals surface area contributed by atoms with E-state index in [2.05, 4.69) is 33.1 Å². The predicted molar refractivity (Wildman–Crippen MR) is 61.5 cm³/mol. The van der Waals surface area contributed by atoms with Crippen molar-refractivity contribution in [2.24, 2.45) is 0 Å². The van der Waals surface area contributed by atoms with Gasteiger partial charge in [-0.05, 0) is 12.8 Å². The normalized spacial score (nSPS) is 17.5. The van der Waals surface area contributed by atoms with Crippen LogP contribution in [0.3, 0.4) is 0 Å². The molecule has 2 amide bonds. The fraction of sp³-hybridized carbons (Fsp3) is 0.700. The summed E-state index contributed by atoms with van der Waals surface area (Å²) in [5.74, 6) is 0. The summed E-state index contributed by atoms with van der Waals surface area (Å²) >= 11 is 3.19. The highest BCUT2D eigenvalue weighted by molar-refractivity contribution is 9.11. The third kappa shape index (κ3) is 4.65. The van der Waals surface area contributed by atoms with Crippen molar-refractivity contribution in [3.8, 4) is 0 Å². The molecule has 0 aliphatic heterocycles. The lowest BCUT2D eigenvalue weighted by Gasteiger charge is -2.22. The highest BCUT2D eigenvalue weighted by Gasteiger charge is 2.14. The van der Waals surface area contributed by atoms with Crippen LogP contribution in [0.5, 0.6) is 0 Å². The fourth-order valence-corrected chi connectivity index (χ4v) is 1.80. The van der Waals surface area contributed by atoms with Crippen LogP contribution in [0.15, 0.2) is 11.1 Å². The smallest absolute Gasteiger partial charge is 0.315 e. The summed E-state index contributed by atoms with van der Waals surface area (Å²) in [6, 6.07) is 0.282. The molecule has 2 N–H and O–H groups in total. The summed E-state index contributed by atoms with van der Waals surface area (Å²) in [6.07, 6.45) is 6.00.